The molecule has 1 fully saturated rings. The average molecular weight is 287 g/mol. The Morgan fingerprint density at radius 3 is 2.29 bits per heavy atom. The van der Waals surface area contributed by atoms with Crippen LogP contribution in [0.5, 0.6) is 0 Å². The lowest BCUT2D eigenvalue weighted by Crippen LogP contribution is -2.41. The van der Waals surface area contributed by atoms with E-state index in [1.807, 2.05) is 6.07 Å². The van der Waals surface area contributed by atoms with Crippen LogP contribution in [0, 0.1) is 11.3 Å². The molecule has 116 valence electrons. The van der Waals surface area contributed by atoms with Crippen molar-refractivity contribution in [3.8, 4) is 0 Å². The van der Waals surface area contributed by atoms with Gasteiger partial charge in [-0.2, -0.15) is 0 Å². The van der Waals surface area contributed by atoms with Gasteiger partial charge < -0.3 is 4.90 Å². The fraction of sp³-hybridized carbons (Fsp3) is 0.632. The van der Waals surface area contributed by atoms with Crippen LogP contribution < -0.4 is 0 Å². The highest BCUT2D eigenvalue weighted by Crippen LogP contribution is 2.27. The van der Waals surface area contributed by atoms with Crippen LogP contribution in [-0.2, 0) is 11.3 Å². The molecule has 1 amide bonds. The zero-order valence-corrected chi connectivity index (χ0v) is 13.8. The van der Waals surface area contributed by atoms with Crippen molar-refractivity contribution < 1.29 is 4.79 Å². The number of benzene rings is 1. The Kier molecular flexibility index (Phi) is 5.44. The van der Waals surface area contributed by atoms with Gasteiger partial charge in [0.2, 0.25) is 5.91 Å². The van der Waals surface area contributed by atoms with E-state index in [2.05, 4.69) is 49.9 Å². The summed E-state index contributed by atoms with van der Waals surface area (Å²) in [6.45, 7) is 8.20. The molecule has 2 heteroatoms. The molecular formula is C19H29NO. The van der Waals surface area contributed by atoms with Gasteiger partial charge in [-0.15, -0.1) is 0 Å². The molecule has 0 aromatic heterocycles. The summed E-state index contributed by atoms with van der Waals surface area (Å²) < 4.78 is 0. The molecule has 0 heterocycles. The third-order valence-electron chi connectivity index (χ3n) is 4.15. The second-order valence-corrected chi connectivity index (χ2v) is 7.58. The summed E-state index contributed by atoms with van der Waals surface area (Å²) in [7, 11) is 0. The molecule has 0 atom stereocenters. The molecule has 1 aliphatic carbocycles. The Morgan fingerprint density at radius 1 is 1.10 bits per heavy atom. The van der Waals surface area contributed by atoms with E-state index in [0.29, 0.717) is 5.91 Å². The van der Waals surface area contributed by atoms with Crippen LogP contribution in [0.4, 0.5) is 0 Å². The second-order valence-electron chi connectivity index (χ2n) is 7.58. The molecular weight excluding hydrogens is 258 g/mol. The van der Waals surface area contributed by atoms with E-state index in [1.165, 1.54) is 24.8 Å². The van der Waals surface area contributed by atoms with Gasteiger partial charge >= 0.3 is 0 Å². The zero-order valence-electron chi connectivity index (χ0n) is 13.8. The number of rotatable bonds is 4. The second kappa shape index (κ2) is 7.11. The first-order chi connectivity index (χ1) is 9.96. The Morgan fingerprint density at radius 2 is 1.71 bits per heavy atom. The van der Waals surface area contributed by atoms with Gasteiger partial charge in [-0.3, -0.25) is 4.79 Å². The molecule has 0 saturated heterocycles. The molecule has 0 radical (unpaired) electrons. The van der Waals surface area contributed by atoms with Crippen LogP contribution in [0.15, 0.2) is 30.3 Å². The van der Waals surface area contributed by atoms with Gasteiger partial charge in [0.1, 0.15) is 0 Å². The van der Waals surface area contributed by atoms with Crippen molar-refractivity contribution in [2.45, 2.75) is 59.4 Å². The molecule has 0 aliphatic heterocycles. The summed E-state index contributed by atoms with van der Waals surface area (Å²) >= 11 is 0. The summed E-state index contributed by atoms with van der Waals surface area (Å²) in [6, 6.07) is 10.4. The maximum atomic E-state index is 12.9. The number of carbonyl (C=O) groups excluding carboxylic acids is 1. The van der Waals surface area contributed by atoms with Crippen molar-refractivity contribution in [3.05, 3.63) is 35.9 Å². The maximum absolute atomic E-state index is 12.9. The smallest absolute Gasteiger partial charge is 0.225 e. The highest BCUT2D eigenvalue weighted by Gasteiger charge is 2.28. The highest BCUT2D eigenvalue weighted by atomic mass is 16.2. The fourth-order valence-corrected chi connectivity index (χ4v) is 3.20. The molecule has 0 bridgehead atoms. The first kappa shape index (κ1) is 16.1. The lowest BCUT2D eigenvalue weighted by atomic mass is 9.87. The first-order valence-corrected chi connectivity index (χ1v) is 8.28. The van der Waals surface area contributed by atoms with E-state index in [4.69, 9.17) is 0 Å². The monoisotopic (exact) mass is 287 g/mol. The van der Waals surface area contributed by atoms with Gasteiger partial charge in [0.25, 0.3) is 0 Å². The lowest BCUT2D eigenvalue weighted by Gasteiger charge is -2.34. The quantitative estimate of drug-likeness (QED) is 0.790. The number of amides is 1. The van der Waals surface area contributed by atoms with E-state index < -0.39 is 0 Å². The molecule has 0 spiro atoms. The van der Waals surface area contributed by atoms with E-state index in [-0.39, 0.29) is 11.3 Å². The van der Waals surface area contributed by atoms with Crippen molar-refractivity contribution in [1.29, 1.82) is 0 Å². The van der Waals surface area contributed by atoms with Crippen LogP contribution in [0.2, 0.25) is 0 Å². The van der Waals surface area contributed by atoms with Crippen molar-refractivity contribution in [2.24, 2.45) is 11.3 Å². The van der Waals surface area contributed by atoms with Gasteiger partial charge in [-0.05, 0) is 23.8 Å². The van der Waals surface area contributed by atoms with Gasteiger partial charge in [0.05, 0.1) is 0 Å². The largest absolute Gasteiger partial charge is 0.338 e. The summed E-state index contributed by atoms with van der Waals surface area (Å²) in [5, 5.41) is 0. The molecule has 0 unspecified atom stereocenters. The Labute approximate surface area is 129 Å². The van der Waals surface area contributed by atoms with Crippen LogP contribution >= 0.6 is 0 Å². The molecule has 1 aromatic rings. The minimum absolute atomic E-state index is 0.138. The highest BCUT2D eigenvalue weighted by molar-refractivity contribution is 5.79. The molecule has 21 heavy (non-hydrogen) atoms. The molecule has 1 saturated carbocycles. The van der Waals surface area contributed by atoms with Gasteiger partial charge in [0.15, 0.2) is 0 Å². The maximum Gasteiger partial charge on any atom is 0.225 e. The number of carbonyl (C=O) groups is 1. The predicted octanol–water partition coefficient (Wildman–Crippen LogP) is 4.64. The SMILES string of the molecule is CC(C)(C)CN(Cc1ccccc1)C(=O)C1CCCCC1. The number of hydrogen-bond acceptors (Lipinski definition) is 1. The van der Waals surface area contributed by atoms with Crippen LogP contribution in [0.25, 0.3) is 0 Å². The van der Waals surface area contributed by atoms with Crippen molar-refractivity contribution in [1.82, 2.24) is 4.90 Å². The minimum atomic E-state index is 0.138. The van der Waals surface area contributed by atoms with E-state index in [1.54, 1.807) is 0 Å². The Balaban J connectivity index is 2.09. The third kappa shape index (κ3) is 5.18. The third-order valence-corrected chi connectivity index (χ3v) is 4.15. The normalized spacial score (nSPS) is 16.7. The van der Waals surface area contributed by atoms with Crippen molar-refractivity contribution in [2.75, 3.05) is 6.54 Å². The van der Waals surface area contributed by atoms with Crippen LogP contribution in [0.3, 0.4) is 0 Å². The first-order valence-electron chi connectivity index (χ1n) is 8.28. The molecule has 1 aliphatic rings. The fourth-order valence-electron chi connectivity index (χ4n) is 3.20. The van der Waals surface area contributed by atoms with Crippen molar-refractivity contribution >= 4 is 5.91 Å². The molecule has 0 N–H and O–H groups in total. The lowest BCUT2D eigenvalue weighted by molar-refractivity contribution is -0.138. The average Bonchev–Trinajstić information content (AvgIpc) is 2.46. The van der Waals surface area contributed by atoms with Gasteiger partial charge in [-0.1, -0.05) is 70.4 Å². The van der Waals surface area contributed by atoms with Gasteiger partial charge in [0, 0.05) is 19.0 Å². The Hall–Kier alpha value is -1.31. The zero-order chi connectivity index (χ0) is 15.3. The summed E-state index contributed by atoms with van der Waals surface area (Å²) in [5.74, 6) is 0.623. The standard InChI is InChI=1S/C19H29NO/c1-19(2,3)15-20(14-16-10-6-4-7-11-16)18(21)17-12-8-5-9-13-17/h4,6-7,10-11,17H,5,8-9,12-15H2,1-3H3. The minimum Gasteiger partial charge on any atom is -0.338 e. The molecule has 2 nitrogen and oxygen atoms in total. The van der Waals surface area contributed by atoms with Gasteiger partial charge in [-0.25, -0.2) is 0 Å². The number of nitrogens with zero attached hydrogens (tertiary/aromatic N) is 1. The summed E-state index contributed by atoms with van der Waals surface area (Å²) in [4.78, 5) is 15.0. The van der Waals surface area contributed by atoms with Crippen molar-refractivity contribution in [3.63, 3.8) is 0 Å². The number of hydrogen-bond donors (Lipinski definition) is 0. The predicted molar refractivity (Wildman–Crippen MR) is 87.9 cm³/mol. The van der Waals surface area contributed by atoms with E-state index in [0.717, 1.165) is 25.9 Å². The van der Waals surface area contributed by atoms with Crippen LogP contribution in [0.1, 0.15) is 58.4 Å². The summed E-state index contributed by atoms with van der Waals surface area (Å²) in [5.41, 5.74) is 1.37. The molecule has 1 aromatic carbocycles. The van der Waals surface area contributed by atoms with Crippen LogP contribution in [-0.4, -0.2) is 17.4 Å². The summed E-state index contributed by atoms with van der Waals surface area (Å²) in [6.07, 6.45) is 5.88. The topological polar surface area (TPSA) is 20.3 Å². The van der Waals surface area contributed by atoms with E-state index >= 15 is 0 Å². The Bertz CT molecular complexity index is 440. The van der Waals surface area contributed by atoms with E-state index in [9.17, 15) is 4.79 Å². The molecule has 2 rings (SSSR count).